The highest BCUT2D eigenvalue weighted by Gasteiger charge is 2.19. The highest BCUT2D eigenvalue weighted by molar-refractivity contribution is 7.92. The van der Waals surface area contributed by atoms with Crippen molar-refractivity contribution in [1.82, 2.24) is 4.90 Å². The third-order valence-corrected chi connectivity index (χ3v) is 5.19. The van der Waals surface area contributed by atoms with E-state index >= 15 is 0 Å². The van der Waals surface area contributed by atoms with Crippen LogP contribution in [0.25, 0.3) is 0 Å². The molecule has 0 radical (unpaired) electrons. The van der Waals surface area contributed by atoms with E-state index in [2.05, 4.69) is 4.72 Å². The Morgan fingerprint density at radius 1 is 1.16 bits per heavy atom. The zero-order valence-electron chi connectivity index (χ0n) is 14.4. The van der Waals surface area contributed by atoms with Gasteiger partial charge in [0, 0.05) is 19.2 Å². The molecule has 0 bridgehead atoms. The van der Waals surface area contributed by atoms with Crippen molar-refractivity contribution in [2.45, 2.75) is 18.7 Å². The molecule has 7 heteroatoms. The number of hydrogen-bond acceptors (Lipinski definition) is 3. The van der Waals surface area contributed by atoms with Gasteiger partial charge in [-0.1, -0.05) is 43.6 Å². The fourth-order valence-electron chi connectivity index (χ4n) is 2.39. The molecule has 2 aromatic carbocycles. The molecule has 0 saturated carbocycles. The minimum atomic E-state index is -3.85. The van der Waals surface area contributed by atoms with Crippen molar-refractivity contribution < 1.29 is 13.2 Å². The minimum Gasteiger partial charge on any atom is -0.341 e. The van der Waals surface area contributed by atoms with E-state index in [-0.39, 0.29) is 16.5 Å². The first-order valence-electron chi connectivity index (χ1n) is 7.83. The van der Waals surface area contributed by atoms with Crippen LogP contribution in [0.15, 0.2) is 53.4 Å². The molecule has 0 aliphatic heterocycles. The molecule has 134 valence electrons. The van der Waals surface area contributed by atoms with Gasteiger partial charge in [-0.2, -0.15) is 0 Å². The zero-order chi connectivity index (χ0) is 18.6. The summed E-state index contributed by atoms with van der Waals surface area (Å²) < 4.78 is 27.6. The molecule has 2 rings (SSSR count). The molecule has 1 amide bonds. The number of sulfonamides is 1. The summed E-state index contributed by atoms with van der Waals surface area (Å²) in [4.78, 5) is 14.1. The second-order valence-corrected chi connectivity index (χ2v) is 8.28. The first-order chi connectivity index (χ1) is 11.7. The van der Waals surface area contributed by atoms with Crippen LogP contribution in [0.2, 0.25) is 5.02 Å². The van der Waals surface area contributed by atoms with E-state index in [0.29, 0.717) is 23.0 Å². The normalized spacial score (nSPS) is 11.4. The Kier molecular flexibility index (Phi) is 6.08. The van der Waals surface area contributed by atoms with E-state index in [0.717, 1.165) is 0 Å². The zero-order valence-corrected chi connectivity index (χ0v) is 15.9. The van der Waals surface area contributed by atoms with Gasteiger partial charge >= 0.3 is 0 Å². The van der Waals surface area contributed by atoms with Gasteiger partial charge in [-0.05, 0) is 36.2 Å². The Hall–Kier alpha value is -2.05. The predicted octanol–water partition coefficient (Wildman–Crippen LogP) is 3.87. The largest absolute Gasteiger partial charge is 0.341 e. The molecular formula is C18H21ClN2O3S. The third kappa shape index (κ3) is 4.96. The molecular weight excluding hydrogens is 360 g/mol. The maximum atomic E-state index is 12.6. The number of carbonyl (C=O) groups excluding carboxylic acids is 1. The molecule has 2 aromatic rings. The topological polar surface area (TPSA) is 66.5 Å². The summed E-state index contributed by atoms with van der Waals surface area (Å²) in [6.45, 7) is 4.62. The maximum Gasteiger partial charge on any atom is 0.261 e. The molecule has 0 unspecified atom stereocenters. The SMILES string of the molecule is CC(C)CN(C)C(=O)c1cccc(S(=O)(=O)Nc2ccccc2Cl)c1. The molecule has 5 nitrogen and oxygen atoms in total. The maximum absolute atomic E-state index is 12.6. The van der Waals surface area contributed by atoms with Crippen molar-refractivity contribution in [3.05, 3.63) is 59.1 Å². The number of benzene rings is 2. The fourth-order valence-corrected chi connectivity index (χ4v) is 3.76. The summed E-state index contributed by atoms with van der Waals surface area (Å²) in [5, 5.41) is 0.301. The van der Waals surface area contributed by atoms with Crippen LogP contribution in [0, 0.1) is 5.92 Å². The van der Waals surface area contributed by atoms with Crippen LogP contribution in [0.3, 0.4) is 0 Å². The molecule has 0 atom stereocenters. The van der Waals surface area contributed by atoms with Gasteiger partial charge in [0.15, 0.2) is 0 Å². The van der Waals surface area contributed by atoms with Crippen LogP contribution in [-0.2, 0) is 10.0 Å². The van der Waals surface area contributed by atoms with Gasteiger partial charge in [-0.15, -0.1) is 0 Å². The summed E-state index contributed by atoms with van der Waals surface area (Å²) in [5.74, 6) is 0.103. The molecule has 0 saturated heterocycles. The average molecular weight is 381 g/mol. The monoisotopic (exact) mass is 380 g/mol. The van der Waals surface area contributed by atoms with Crippen LogP contribution in [0.4, 0.5) is 5.69 Å². The fraction of sp³-hybridized carbons (Fsp3) is 0.278. The van der Waals surface area contributed by atoms with Gasteiger partial charge in [-0.3, -0.25) is 9.52 Å². The molecule has 1 N–H and O–H groups in total. The summed E-state index contributed by atoms with van der Waals surface area (Å²) in [5.41, 5.74) is 0.614. The Morgan fingerprint density at radius 2 is 1.84 bits per heavy atom. The van der Waals surface area contributed by atoms with Crippen LogP contribution in [-0.4, -0.2) is 32.8 Å². The highest BCUT2D eigenvalue weighted by atomic mass is 35.5. The Morgan fingerprint density at radius 3 is 2.48 bits per heavy atom. The number of anilines is 1. The first-order valence-corrected chi connectivity index (χ1v) is 9.69. The van der Waals surface area contributed by atoms with E-state index in [1.807, 2.05) is 13.8 Å². The van der Waals surface area contributed by atoms with Gasteiger partial charge in [0.2, 0.25) is 0 Å². The molecule has 0 spiro atoms. The van der Waals surface area contributed by atoms with Gasteiger partial charge in [0.25, 0.3) is 15.9 Å². The van der Waals surface area contributed by atoms with E-state index in [1.165, 1.54) is 12.1 Å². The molecule has 0 aromatic heterocycles. The number of carbonyl (C=O) groups is 1. The molecule has 0 aliphatic rings. The van der Waals surface area contributed by atoms with Crippen molar-refractivity contribution in [2.24, 2.45) is 5.92 Å². The summed E-state index contributed by atoms with van der Waals surface area (Å²) in [6, 6.07) is 12.5. The van der Waals surface area contributed by atoms with E-state index < -0.39 is 10.0 Å². The van der Waals surface area contributed by atoms with Gasteiger partial charge in [-0.25, -0.2) is 8.42 Å². The first kappa shape index (κ1) is 19.3. The third-order valence-electron chi connectivity index (χ3n) is 3.50. The van der Waals surface area contributed by atoms with E-state index in [1.54, 1.807) is 48.3 Å². The van der Waals surface area contributed by atoms with E-state index in [4.69, 9.17) is 11.6 Å². The lowest BCUT2D eigenvalue weighted by molar-refractivity contribution is 0.0779. The van der Waals surface area contributed by atoms with Crippen LogP contribution in [0.1, 0.15) is 24.2 Å². The summed E-state index contributed by atoms with van der Waals surface area (Å²) >= 11 is 6.00. The number of nitrogens with one attached hydrogen (secondary N) is 1. The quantitative estimate of drug-likeness (QED) is 0.827. The Bertz CT molecular complexity index is 866. The van der Waals surface area contributed by atoms with E-state index in [9.17, 15) is 13.2 Å². The number of halogens is 1. The Labute approximate surface area is 153 Å². The highest BCUT2D eigenvalue weighted by Crippen LogP contribution is 2.24. The second-order valence-electron chi connectivity index (χ2n) is 6.19. The molecule has 0 aliphatic carbocycles. The van der Waals surface area contributed by atoms with Crippen LogP contribution in [0.5, 0.6) is 0 Å². The summed E-state index contributed by atoms with van der Waals surface area (Å²) in [7, 11) is -2.15. The van der Waals surface area contributed by atoms with Crippen LogP contribution >= 0.6 is 11.6 Å². The van der Waals surface area contributed by atoms with Crippen molar-refractivity contribution in [3.63, 3.8) is 0 Å². The van der Waals surface area contributed by atoms with Gasteiger partial charge < -0.3 is 4.90 Å². The second kappa shape index (κ2) is 7.89. The molecule has 25 heavy (non-hydrogen) atoms. The lowest BCUT2D eigenvalue weighted by Gasteiger charge is -2.19. The van der Waals surface area contributed by atoms with Crippen molar-refractivity contribution in [3.8, 4) is 0 Å². The number of para-hydroxylation sites is 1. The number of hydrogen-bond donors (Lipinski definition) is 1. The number of nitrogens with zero attached hydrogens (tertiary/aromatic N) is 1. The smallest absolute Gasteiger partial charge is 0.261 e. The summed E-state index contributed by atoms with van der Waals surface area (Å²) in [6.07, 6.45) is 0. The lowest BCUT2D eigenvalue weighted by atomic mass is 10.1. The van der Waals surface area contributed by atoms with Crippen molar-refractivity contribution in [2.75, 3.05) is 18.3 Å². The van der Waals surface area contributed by atoms with Crippen molar-refractivity contribution in [1.29, 1.82) is 0 Å². The number of rotatable bonds is 6. The Balaban J connectivity index is 2.28. The standard InChI is InChI=1S/C18H21ClN2O3S/c1-13(2)12-21(3)18(22)14-7-6-8-15(11-14)25(23,24)20-17-10-5-4-9-16(17)19/h4-11,13,20H,12H2,1-3H3. The minimum absolute atomic E-state index is 0.0104. The van der Waals surface area contributed by atoms with Gasteiger partial charge in [0.05, 0.1) is 15.6 Å². The number of amides is 1. The lowest BCUT2D eigenvalue weighted by Crippen LogP contribution is -2.30. The molecule has 0 fully saturated rings. The average Bonchev–Trinajstić information content (AvgIpc) is 2.55. The van der Waals surface area contributed by atoms with Crippen LogP contribution < -0.4 is 4.72 Å². The predicted molar refractivity (Wildman–Crippen MR) is 101 cm³/mol. The van der Waals surface area contributed by atoms with Crippen molar-refractivity contribution >= 4 is 33.2 Å². The van der Waals surface area contributed by atoms with Gasteiger partial charge in [0.1, 0.15) is 0 Å². The molecule has 0 heterocycles.